The lowest BCUT2D eigenvalue weighted by molar-refractivity contribution is 0.0985. The van der Waals surface area contributed by atoms with E-state index in [1.54, 1.807) is 27.9 Å². The third kappa shape index (κ3) is 5.01. The van der Waals surface area contributed by atoms with Gasteiger partial charge in [-0.3, -0.25) is 9.48 Å². The van der Waals surface area contributed by atoms with E-state index >= 15 is 0 Å². The molecule has 0 atom stereocenters. The number of nitrogens with one attached hydrogen (secondary N) is 1. The standard InChI is InChI=1S/C26H31FN6O2/c1-30-11-13-32(14-12-30)10-5-15-35-24-9-8-19(16-21(24)27)26(34)33-18-20-17-28-31(2)25(20)29-22-6-3-4-7-23(22)33/h3-4,6-9,16-17,29H,5,10-15,18H2,1-2H3. The zero-order valence-electron chi connectivity index (χ0n) is 20.2. The number of likely N-dealkylation sites (N-methyl/N-ethyl adjacent to an activating group) is 1. The summed E-state index contributed by atoms with van der Waals surface area (Å²) in [7, 11) is 3.99. The van der Waals surface area contributed by atoms with E-state index in [1.807, 2.05) is 31.3 Å². The van der Waals surface area contributed by atoms with Gasteiger partial charge in [0.2, 0.25) is 0 Å². The van der Waals surface area contributed by atoms with Gasteiger partial charge in [0.05, 0.1) is 30.7 Å². The number of carbonyl (C=O) groups is 1. The lowest BCUT2D eigenvalue weighted by atomic mass is 10.1. The molecule has 2 aromatic carbocycles. The Bertz CT molecular complexity index is 1200. The summed E-state index contributed by atoms with van der Waals surface area (Å²) in [6.45, 7) is 5.96. The van der Waals surface area contributed by atoms with Crippen LogP contribution in [-0.4, -0.2) is 71.9 Å². The van der Waals surface area contributed by atoms with Crippen molar-refractivity contribution in [2.24, 2.45) is 7.05 Å². The summed E-state index contributed by atoms with van der Waals surface area (Å²) in [5.41, 5.74) is 2.69. The van der Waals surface area contributed by atoms with Crippen LogP contribution in [-0.2, 0) is 13.6 Å². The van der Waals surface area contributed by atoms with Gasteiger partial charge >= 0.3 is 0 Å². The number of aryl methyl sites for hydroxylation is 1. The van der Waals surface area contributed by atoms with E-state index in [4.69, 9.17) is 4.74 Å². The second kappa shape index (κ2) is 10.1. The Morgan fingerprint density at radius 3 is 2.71 bits per heavy atom. The molecule has 8 nitrogen and oxygen atoms in total. The minimum atomic E-state index is -0.529. The number of anilines is 3. The predicted octanol–water partition coefficient (Wildman–Crippen LogP) is 3.48. The van der Waals surface area contributed by atoms with E-state index < -0.39 is 5.82 Å². The molecule has 35 heavy (non-hydrogen) atoms. The number of hydrogen-bond donors (Lipinski definition) is 1. The first-order valence-corrected chi connectivity index (χ1v) is 12.0. The fourth-order valence-corrected chi connectivity index (χ4v) is 4.59. The van der Waals surface area contributed by atoms with Crippen LogP contribution < -0.4 is 15.0 Å². The Morgan fingerprint density at radius 1 is 1.11 bits per heavy atom. The molecule has 0 unspecified atom stereocenters. The van der Waals surface area contributed by atoms with Crippen LogP contribution in [0.5, 0.6) is 5.75 Å². The van der Waals surface area contributed by atoms with Gasteiger partial charge < -0.3 is 24.8 Å². The second-order valence-corrected chi connectivity index (χ2v) is 9.17. The van der Waals surface area contributed by atoms with E-state index in [0.29, 0.717) is 13.2 Å². The van der Waals surface area contributed by atoms with E-state index in [1.165, 1.54) is 6.07 Å². The van der Waals surface area contributed by atoms with Gasteiger partial charge in [-0.15, -0.1) is 0 Å². The molecule has 9 heteroatoms. The average Bonchev–Trinajstić information content (AvgIpc) is 3.11. The smallest absolute Gasteiger partial charge is 0.258 e. The van der Waals surface area contributed by atoms with Gasteiger partial charge in [-0.25, -0.2) is 4.39 Å². The molecule has 2 aliphatic rings. The van der Waals surface area contributed by atoms with Crippen molar-refractivity contribution in [1.82, 2.24) is 19.6 Å². The highest BCUT2D eigenvalue weighted by Crippen LogP contribution is 2.36. The Labute approximate surface area is 204 Å². The first-order valence-electron chi connectivity index (χ1n) is 12.0. The van der Waals surface area contributed by atoms with E-state index in [2.05, 4.69) is 27.3 Å². The molecule has 184 valence electrons. The summed E-state index contributed by atoms with van der Waals surface area (Å²) in [6.07, 6.45) is 2.57. The van der Waals surface area contributed by atoms with Crippen LogP contribution in [0.1, 0.15) is 22.3 Å². The van der Waals surface area contributed by atoms with Crippen molar-refractivity contribution < 1.29 is 13.9 Å². The largest absolute Gasteiger partial charge is 0.490 e. The lowest BCUT2D eigenvalue weighted by Crippen LogP contribution is -2.44. The molecule has 1 fully saturated rings. The maximum Gasteiger partial charge on any atom is 0.258 e. The van der Waals surface area contributed by atoms with Gasteiger partial charge in [0.1, 0.15) is 5.82 Å². The minimum Gasteiger partial charge on any atom is -0.490 e. The number of ether oxygens (including phenoxy) is 1. The fourth-order valence-electron chi connectivity index (χ4n) is 4.59. The van der Waals surface area contributed by atoms with Crippen LogP contribution in [0.3, 0.4) is 0 Å². The maximum atomic E-state index is 14.9. The molecular weight excluding hydrogens is 447 g/mol. The van der Waals surface area contributed by atoms with Crippen molar-refractivity contribution >= 4 is 23.1 Å². The van der Waals surface area contributed by atoms with Crippen molar-refractivity contribution in [1.29, 1.82) is 0 Å². The third-order valence-electron chi connectivity index (χ3n) is 6.69. The van der Waals surface area contributed by atoms with Crippen molar-refractivity contribution in [3.63, 3.8) is 0 Å². The molecule has 2 aliphatic heterocycles. The Morgan fingerprint density at radius 2 is 1.91 bits per heavy atom. The summed E-state index contributed by atoms with van der Waals surface area (Å²) in [5.74, 6) is 0.196. The molecule has 0 aliphatic carbocycles. The SMILES string of the molecule is CN1CCN(CCCOc2ccc(C(=O)N3Cc4cnn(C)c4Nc4ccccc43)cc2F)CC1. The van der Waals surface area contributed by atoms with Crippen LogP contribution in [0.15, 0.2) is 48.7 Å². The molecule has 5 rings (SSSR count). The number of amides is 1. The van der Waals surface area contributed by atoms with Gasteiger partial charge in [0, 0.05) is 50.9 Å². The molecule has 3 heterocycles. The van der Waals surface area contributed by atoms with Crippen LogP contribution in [0.2, 0.25) is 0 Å². The number of rotatable bonds is 6. The monoisotopic (exact) mass is 478 g/mol. The summed E-state index contributed by atoms with van der Waals surface area (Å²) >= 11 is 0. The fraction of sp³-hybridized carbons (Fsp3) is 0.385. The summed E-state index contributed by atoms with van der Waals surface area (Å²) in [4.78, 5) is 19.9. The molecule has 1 amide bonds. The van der Waals surface area contributed by atoms with Crippen molar-refractivity contribution in [3.8, 4) is 5.75 Å². The van der Waals surface area contributed by atoms with E-state index in [9.17, 15) is 9.18 Å². The first-order chi connectivity index (χ1) is 17.0. The zero-order valence-corrected chi connectivity index (χ0v) is 20.2. The highest BCUT2D eigenvalue weighted by atomic mass is 19.1. The number of nitrogens with zero attached hydrogens (tertiary/aromatic N) is 5. The van der Waals surface area contributed by atoms with Crippen molar-refractivity contribution in [2.45, 2.75) is 13.0 Å². The van der Waals surface area contributed by atoms with Gasteiger partial charge in [-0.2, -0.15) is 5.10 Å². The molecular formula is C26H31FN6O2. The maximum absolute atomic E-state index is 14.9. The van der Waals surface area contributed by atoms with Gasteiger partial charge in [-0.1, -0.05) is 12.1 Å². The normalized spacial score (nSPS) is 16.3. The molecule has 0 radical (unpaired) electrons. The highest BCUT2D eigenvalue weighted by Gasteiger charge is 2.27. The minimum absolute atomic E-state index is 0.174. The number of aromatic nitrogens is 2. The summed E-state index contributed by atoms with van der Waals surface area (Å²) < 4.78 is 22.3. The number of piperazine rings is 1. The lowest BCUT2D eigenvalue weighted by Gasteiger charge is -2.32. The summed E-state index contributed by atoms with van der Waals surface area (Å²) in [6, 6.07) is 12.0. The van der Waals surface area contributed by atoms with Crippen LogP contribution >= 0.6 is 0 Å². The summed E-state index contributed by atoms with van der Waals surface area (Å²) in [5, 5.41) is 7.68. The second-order valence-electron chi connectivity index (χ2n) is 9.17. The number of halogens is 1. The van der Waals surface area contributed by atoms with Gasteiger partial charge in [0.15, 0.2) is 11.6 Å². The molecule has 1 aromatic heterocycles. The van der Waals surface area contributed by atoms with Crippen molar-refractivity contribution in [3.05, 3.63) is 65.6 Å². The number of carbonyl (C=O) groups excluding carboxylic acids is 1. The highest BCUT2D eigenvalue weighted by molar-refractivity contribution is 6.08. The van der Waals surface area contributed by atoms with Gasteiger partial charge in [0.25, 0.3) is 5.91 Å². The molecule has 1 N–H and O–H groups in total. The Hall–Kier alpha value is -3.43. The van der Waals surface area contributed by atoms with Crippen molar-refractivity contribution in [2.75, 3.05) is 56.6 Å². The molecule has 1 saturated heterocycles. The average molecular weight is 479 g/mol. The Balaban J connectivity index is 1.26. The first kappa shape index (κ1) is 23.3. The topological polar surface area (TPSA) is 65.9 Å². The number of fused-ring (bicyclic) bond motifs is 2. The van der Waals surface area contributed by atoms with Crippen LogP contribution in [0.25, 0.3) is 0 Å². The van der Waals surface area contributed by atoms with Crippen LogP contribution in [0.4, 0.5) is 21.6 Å². The predicted molar refractivity (Wildman–Crippen MR) is 134 cm³/mol. The molecule has 0 spiro atoms. The molecule has 0 bridgehead atoms. The number of para-hydroxylation sites is 2. The quantitative estimate of drug-likeness (QED) is 0.548. The van der Waals surface area contributed by atoms with Gasteiger partial charge in [-0.05, 0) is 43.8 Å². The molecule has 3 aromatic rings. The van der Waals surface area contributed by atoms with E-state index in [-0.39, 0.29) is 17.2 Å². The van der Waals surface area contributed by atoms with Crippen LogP contribution in [0, 0.1) is 5.82 Å². The zero-order chi connectivity index (χ0) is 24.4. The Kier molecular flexibility index (Phi) is 6.70. The number of hydrogen-bond acceptors (Lipinski definition) is 6. The molecule has 0 saturated carbocycles. The number of benzene rings is 2. The van der Waals surface area contributed by atoms with E-state index in [0.717, 1.165) is 61.9 Å². The third-order valence-corrected chi connectivity index (χ3v) is 6.69.